The fraction of sp³-hybridized carbons (Fsp3) is 0.267. The number of hydrogen-bond donors (Lipinski definition) is 2. The molecule has 0 unspecified atom stereocenters. The van der Waals surface area contributed by atoms with E-state index in [4.69, 9.17) is 10.5 Å². The summed E-state index contributed by atoms with van der Waals surface area (Å²) >= 11 is 0. The van der Waals surface area contributed by atoms with Gasteiger partial charge in [-0.05, 0) is 13.0 Å². The molecule has 1 aliphatic heterocycles. The highest BCUT2D eigenvalue weighted by atomic mass is 16.5. The van der Waals surface area contributed by atoms with Gasteiger partial charge in [0.05, 0.1) is 6.61 Å². The van der Waals surface area contributed by atoms with Crippen LogP contribution >= 0.6 is 0 Å². The molecular weight excluding hydrogens is 268 g/mol. The van der Waals surface area contributed by atoms with Gasteiger partial charge in [-0.15, -0.1) is 0 Å². The highest BCUT2D eigenvalue weighted by Crippen LogP contribution is 2.35. The van der Waals surface area contributed by atoms with Gasteiger partial charge in [-0.3, -0.25) is 4.79 Å². The second kappa shape index (κ2) is 5.40. The summed E-state index contributed by atoms with van der Waals surface area (Å²) in [5, 5.41) is 2.92. The van der Waals surface area contributed by atoms with Crippen LogP contribution in [0.5, 0.6) is 5.75 Å². The lowest BCUT2D eigenvalue weighted by Crippen LogP contribution is -2.38. The Morgan fingerprint density at radius 2 is 2.14 bits per heavy atom. The Hall–Kier alpha value is -2.63. The molecule has 0 spiro atoms. The number of aromatic nitrogens is 2. The molecule has 1 aromatic carbocycles. The summed E-state index contributed by atoms with van der Waals surface area (Å²) in [6.07, 6.45) is 2.90. The maximum atomic E-state index is 12.2. The van der Waals surface area contributed by atoms with Gasteiger partial charge in [-0.25, -0.2) is 9.97 Å². The molecule has 0 aliphatic carbocycles. The van der Waals surface area contributed by atoms with E-state index in [2.05, 4.69) is 15.3 Å². The summed E-state index contributed by atoms with van der Waals surface area (Å²) in [6, 6.07) is 7.76. The molecule has 0 fully saturated rings. The van der Waals surface area contributed by atoms with Crippen molar-refractivity contribution in [1.82, 2.24) is 15.3 Å². The molecule has 2 atom stereocenters. The fourth-order valence-electron chi connectivity index (χ4n) is 2.50. The van der Waals surface area contributed by atoms with Crippen molar-refractivity contribution in [2.75, 3.05) is 12.3 Å². The third-order valence-corrected chi connectivity index (χ3v) is 3.64. The number of nitrogens with one attached hydrogen (secondary N) is 1. The van der Waals surface area contributed by atoms with Gasteiger partial charge < -0.3 is 15.8 Å². The number of rotatable bonds is 3. The molecule has 1 aromatic heterocycles. The second-order valence-corrected chi connectivity index (χ2v) is 5.01. The summed E-state index contributed by atoms with van der Waals surface area (Å²) in [7, 11) is 0. The largest absolute Gasteiger partial charge is 0.493 e. The number of nitrogen functional groups attached to an aromatic ring is 1. The molecule has 2 heterocycles. The number of para-hydroxylation sites is 1. The molecule has 3 rings (SSSR count). The Labute approximate surface area is 122 Å². The summed E-state index contributed by atoms with van der Waals surface area (Å²) < 4.78 is 5.64. The van der Waals surface area contributed by atoms with Crippen molar-refractivity contribution in [3.05, 3.63) is 47.9 Å². The van der Waals surface area contributed by atoms with Crippen molar-refractivity contribution in [3.8, 4) is 5.75 Å². The minimum Gasteiger partial charge on any atom is -0.493 e. The quantitative estimate of drug-likeness (QED) is 0.888. The number of hydrogen-bond acceptors (Lipinski definition) is 5. The van der Waals surface area contributed by atoms with E-state index in [0.717, 1.165) is 11.3 Å². The minimum absolute atomic E-state index is 0.0949. The SMILES string of the molecule is C[C@H](NC(=O)c1nccnc1N)[C@H]1COc2ccccc21. The topological polar surface area (TPSA) is 90.1 Å². The molecule has 108 valence electrons. The number of nitrogens with two attached hydrogens (primary N) is 1. The van der Waals surface area contributed by atoms with E-state index in [-0.39, 0.29) is 29.4 Å². The molecule has 6 heteroatoms. The molecule has 0 saturated carbocycles. The first-order valence-corrected chi connectivity index (χ1v) is 6.76. The number of nitrogens with zero attached hydrogens (tertiary/aromatic N) is 2. The maximum Gasteiger partial charge on any atom is 0.273 e. The second-order valence-electron chi connectivity index (χ2n) is 5.01. The Morgan fingerprint density at radius 3 is 2.95 bits per heavy atom. The molecule has 0 bridgehead atoms. The number of fused-ring (bicyclic) bond motifs is 1. The summed E-state index contributed by atoms with van der Waals surface area (Å²) in [5.74, 6) is 0.799. The first-order chi connectivity index (χ1) is 10.2. The normalized spacial score (nSPS) is 17.7. The van der Waals surface area contributed by atoms with E-state index in [1.54, 1.807) is 0 Å². The number of anilines is 1. The van der Waals surface area contributed by atoms with E-state index in [9.17, 15) is 4.79 Å². The van der Waals surface area contributed by atoms with Crippen LogP contribution in [-0.4, -0.2) is 28.5 Å². The molecule has 3 N–H and O–H groups in total. The van der Waals surface area contributed by atoms with Crippen LogP contribution in [0.15, 0.2) is 36.7 Å². The monoisotopic (exact) mass is 284 g/mol. The molecule has 0 radical (unpaired) electrons. The Kier molecular flexibility index (Phi) is 3.43. The van der Waals surface area contributed by atoms with Crippen molar-refractivity contribution in [3.63, 3.8) is 0 Å². The third kappa shape index (κ3) is 2.52. The van der Waals surface area contributed by atoms with E-state index < -0.39 is 0 Å². The van der Waals surface area contributed by atoms with Crippen molar-refractivity contribution in [2.24, 2.45) is 0 Å². The number of ether oxygens (including phenoxy) is 1. The van der Waals surface area contributed by atoms with Crippen LogP contribution in [0.4, 0.5) is 5.82 Å². The minimum atomic E-state index is -0.322. The number of carbonyl (C=O) groups is 1. The van der Waals surface area contributed by atoms with Gasteiger partial charge in [-0.2, -0.15) is 0 Å². The van der Waals surface area contributed by atoms with Crippen LogP contribution in [-0.2, 0) is 0 Å². The molecule has 1 amide bonds. The van der Waals surface area contributed by atoms with E-state index in [1.807, 2.05) is 31.2 Å². The van der Waals surface area contributed by atoms with Crippen LogP contribution in [0.2, 0.25) is 0 Å². The first kappa shape index (κ1) is 13.4. The van der Waals surface area contributed by atoms with Gasteiger partial charge in [0.2, 0.25) is 0 Å². The van der Waals surface area contributed by atoms with Gasteiger partial charge in [0.15, 0.2) is 11.5 Å². The Morgan fingerprint density at radius 1 is 1.38 bits per heavy atom. The summed E-state index contributed by atoms with van der Waals surface area (Å²) in [6.45, 7) is 2.50. The van der Waals surface area contributed by atoms with Crippen LogP contribution in [0.1, 0.15) is 28.9 Å². The maximum absolute atomic E-state index is 12.2. The van der Waals surface area contributed by atoms with Gasteiger partial charge in [-0.1, -0.05) is 18.2 Å². The van der Waals surface area contributed by atoms with E-state index in [1.165, 1.54) is 12.4 Å². The predicted molar refractivity (Wildman–Crippen MR) is 78.1 cm³/mol. The van der Waals surface area contributed by atoms with Crippen molar-refractivity contribution in [2.45, 2.75) is 18.9 Å². The molecule has 21 heavy (non-hydrogen) atoms. The molecule has 1 aliphatic rings. The van der Waals surface area contributed by atoms with Crippen LogP contribution < -0.4 is 15.8 Å². The fourth-order valence-corrected chi connectivity index (χ4v) is 2.50. The van der Waals surface area contributed by atoms with Gasteiger partial charge in [0.25, 0.3) is 5.91 Å². The van der Waals surface area contributed by atoms with Gasteiger partial charge >= 0.3 is 0 Å². The van der Waals surface area contributed by atoms with Crippen molar-refractivity contribution < 1.29 is 9.53 Å². The van der Waals surface area contributed by atoms with Crippen molar-refractivity contribution in [1.29, 1.82) is 0 Å². The predicted octanol–water partition coefficient (Wildman–Crippen LogP) is 1.35. The first-order valence-electron chi connectivity index (χ1n) is 6.76. The van der Waals surface area contributed by atoms with Crippen LogP contribution in [0, 0.1) is 0 Å². The van der Waals surface area contributed by atoms with Gasteiger partial charge in [0, 0.05) is 29.9 Å². The lowest BCUT2D eigenvalue weighted by Gasteiger charge is -2.19. The zero-order chi connectivity index (χ0) is 14.8. The van der Waals surface area contributed by atoms with Crippen LogP contribution in [0.3, 0.4) is 0 Å². The molecule has 6 nitrogen and oxygen atoms in total. The van der Waals surface area contributed by atoms with Gasteiger partial charge in [0.1, 0.15) is 5.75 Å². The Balaban J connectivity index is 1.75. The average molecular weight is 284 g/mol. The van der Waals surface area contributed by atoms with E-state index >= 15 is 0 Å². The zero-order valence-electron chi connectivity index (χ0n) is 11.6. The summed E-state index contributed by atoms with van der Waals surface area (Å²) in [5.41, 5.74) is 6.93. The highest BCUT2D eigenvalue weighted by Gasteiger charge is 2.30. The van der Waals surface area contributed by atoms with Crippen LogP contribution in [0.25, 0.3) is 0 Å². The number of benzene rings is 1. The van der Waals surface area contributed by atoms with Crippen molar-refractivity contribution >= 4 is 11.7 Å². The zero-order valence-corrected chi connectivity index (χ0v) is 11.6. The molecular formula is C15H16N4O2. The number of amides is 1. The number of carbonyl (C=O) groups excluding carboxylic acids is 1. The standard InChI is InChI=1S/C15H16N4O2/c1-9(11-8-21-12-5-3-2-4-10(11)12)19-15(20)13-14(16)18-7-6-17-13/h2-7,9,11H,8H2,1H3,(H2,16,18)(H,19,20)/t9-,11+/m0/s1. The van der Waals surface area contributed by atoms with E-state index in [0.29, 0.717) is 6.61 Å². The smallest absolute Gasteiger partial charge is 0.273 e. The third-order valence-electron chi connectivity index (χ3n) is 3.64. The highest BCUT2D eigenvalue weighted by molar-refractivity contribution is 5.96. The average Bonchev–Trinajstić information content (AvgIpc) is 2.91. The molecule has 0 saturated heterocycles. The lowest BCUT2D eigenvalue weighted by molar-refractivity contribution is 0.0928. The Bertz CT molecular complexity index is 674. The lowest BCUT2D eigenvalue weighted by atomic mass is 9.94. The molecule has 2 aromatic rings. The summed E-state index contributed by atoms with van der Waals surface area (Å²) in [4.78, 5) is 20.1.